The standard InChI is InChI=1S/C21H31N3O3/c1-4-13-24-14-11-18(12-15-24)23-21(26)16(2)22-20(25)10-7-17-5-8-19(27-3)9-6-17/h5-10,16,18H,4,11-15H2,1-3H3,(H,22,25)(H,23,26). The van der Waals surface area contributed by atoms with Crippen LogP contribution in [0.15, 0.2) is 30.3 Å². The predicted octanol–water partition coefficient (Wildman–Crippen LogP) is 2.20. The molecular weight excluding hydrogens is 342 g/mol. The first kappa shape index (κ1) is 21.0. The molecule has 1 aromatic rings. The molecule has 2 amide bonds. The number of hydrogen-bond donors (Lipinski definition) is 2. The second kappa shape index (κ2) is 10.7. The summed E-state index contributed by atoms with van der Waals surface area (Å²) in [5.74, 6) is 0.351. The summed E-state index contributed by atoms with van der Waals surface area (Å²) in [4.78, 5) is 26.8. The third-order valence-electron chi connectivity index (χ3n) is 4.77. The number of carbonyl (C=O) groups excluding carboxylic acids is 2. The molecule has 0 aromatic heterocycles. The Balaban J connectivity index is 1.74. The summed E-state index contributed by atoms with van der Waals surface area (Å²) in [6.07, 6.45) is 6.23. The Bertz CT molecular complexity index is 635. The number of amides is 2. The van der Waals surface area contributed by atoms with Gasteiger partial charge in [0.05, 0.1) is 7.11 Å². The fourth-order valence-electron chi connectivity index (χ4n) is 3.16. The number of ether oxygens (including phenoxy) is 1. The molecule has 1 fully saturated rings. The van der Waals surface area contributed by atoms with E-state index in [0.717, 1.165) is 50.2 Å². The van der Waals surface area contributed by atoms with Crippen molar-refractivity contribution in [2.75, 3.05) is 26.7 Å². The van der Waals surface area contributed by atoms with E-state index in [2.05, 4.69) is 22.5 Å². The summed E-state index contributed by atoms with van der Waals surface area (Å²) in [7, 11) is 1.61. The van der Waals surface area contributed by atoms with Gasteiger partial charge >= 0.3 is 0 Å². The first-order valence-electron chi connectivity index (χ1n) is 9.67. The van der Waals surface area contributed by atoms with E-state index in [-0.39, 0.29) is 17.9 Å². The summed E-state index contributed by atoms with van der Waals surface area (Å²) < 4.78 is 5.10. The molecule has 0 spiro atoms. The number of likely N-dealkylation sites (tertiary alicyclic amines) is 1. The largest absolute Gasteiger partial charge is 0.497 e. The van der Waals surface area contributed by atoms with Gasteiger partial charge in [0, 0.05) is 25.2 Å². The molecule has 1 heterocycles. The number of carbonyl (C=O) groups is 2. The third kappa shape index (κ3) is 7.06. The first-order valence-corrected chi connectivity index (χ1v) is 9.67. The van der Waals surface area contributed by atoms with Gasteiger partial charge in [-0.05, 0) is 56.5 Å². The van der Waals surface area contributed by atoms with Crippen LogP contribution in [0.5, 0.6) is 5.75 Å². The molecule has 148 valence electrons. The molecule has 0 saturated carbocycles. The van der Waals surface area contributed by atoms with E-state index in [0.29, 0.717) is 0 Å². The average Bonchev–Trinajstić information content (AvgIpc) is 2.68. The van der Waals surface area contributed by atoms with Gasteiger partial charge in [0.2, 0.25) is 11.8 Å². The number of methoxy groups -OCH3 is 1. The van der Waals surface area contributed by atoms with Crippen molar-refractivity contribution < 1.29 is 14.3 Å². The lowest BCUT2D eigenvalue weighted by Gasteiger charge is -2.32. The molecule has 1 unspecified atom stereocenters. The van der Waals surface area contributed by atoms with Crippen LogP contribution in [0.1, 0.15) is 38.7 Å². The Morgan fingerprint density at radius 1 is 1.26 bits per heavy atom. The van der Waals surface area contributed by atoms with E-state index >= 15 is 0 Å². The predicted molar refractivity (Wildman–Crippen MR) is 108 cm³/mol. The van der Waals surface area contributed by atoms with Gasteiger partial charge in [-0.1, -0.05) is 19.1 Å². The zero-order chi connectivity index (χ0) is 19.6. The molecule has 6 heteroatoms. The lowest BCUT2D eigenvalue weighted by Crippen LogP contribution is -2.50. The van der Waals surface area contributed by atoms with Crippen molar-refractivity contribution in [3.8, 4) is 5.75 Å². The second-order valence-electron chi connectivity index (χ2n) is 6.96. The maximum absolute atomic E-state index is 12.3. The number of piperidine rings is 1. The van der Waals surface area contributed by atoms with E-state index in [9.17, 15) is 9.59 Å². The highest BCUT2D eigenvalue weighted by molar-refractivity contribution is 5.95. The van der Waals surface area contributed by atoms with Crippen LogP contribution in [0.2, 0.25) is 0 Å². The zero-order valence-corrected chi connectivity index (χ0v) is 16.5. The minimum absolute atomic E-state index is 0.130. The fourth-order valence-corrected chi connectivity index (χ4v) is 3.16. The van der Waals surface area contributed by atoms with Crippen LogP contribution in [-0.4, -0.2) is 55.5 Å². The van der Waals surface area contributed by atoms with Crippen molar-refractivity contribution in [3.63, 3.8) is 0 Å². The van der Waals surface area contributed by atoms with Gasteiger partial charge in [-0.15, -0.1) is 0 Å². The molecular formula is C21H31N3O3. The Kier molecular flexibility index (Phi) is 8.33. The molecule has 0 radical (unpaired) electrons. The third-order valence-corrected chi connectivity index (χ3v) is 4.77. The van der Waals surface area contributed by atoms with Gasteiger partial charge in [-0.3, -0.25) is 9.59 Å². The maximum atomic E-state index is 12.3. The molecule has 1 saturated heterocycles. The molecule has 2 N–H and O–H groups in total. The normalized spacial score (nSPS) is 16.9. The van der Waals surface area contributed by atoms with Crippen LogP contribution in [0, 0.1) is 0 Å². The van der Waals surface area contributed by atoms with Gasteiger partial charge in [-0.25, -0.2) is 0 Å². The van der Waals surface area contributed by atoms with E-state index < -0.39 is 6.04 Å². The lowest BCUT2D eigenvalue weighted by atomic mass is 10.0. The number of nitrogens with one attached hydrogen (secondary N) is 2. The van der Waals surface area contributed by atoms with Crippen molar-refractivity contribution in [1.29, 1.82) is 0 Å². The highest BCUT2D eigenvalue weighted by Gasteiger charge is 2.22. The summed E-state index contributed by atoms with van der Waals surface area (Å²) in [6, 6.07) is 7.03. The monoisotopic (exact) mass is 373 g/mol. The smallest absolute Gasteiger partial charge is 0.244 e. The minimum atomic E-state index is -0.563. The van der Waals surface area contributed by atoms with Crippen LogP contribution >= 0.6 is 0 Å². The lowest BCUT2D eigenvalue weighted by molar-refractivity contribution is -0.127. The van der Waals surface area contributed by atoms with Crippen LogP contribution in [0.25, 0.3) is 6.08 Å². The summed E-state index contributed by atoms with van der Waals surface area (Å²) in [6.45, 7) is 7.05. The molecule has 1 aliphatic rings. The molecule has 0 bridgehead atoms. The highest BCUT2D eigenvalue weighted by Crippen LogP contribution is 2.12. The SMILES string of the molecule is CCCN1CCC(NC(=O)C(C)NC(=O)C=Cc2ccc(OC)cc2)CC1. The molecule has 27 heavy (non-hydrogen) atoms. The number of benzene rings is 1. The van der Waals surface area contributed by atoms with Gasteiger partial charge in [-0.2, -0.15) is 0 Å². The van der Waals surface area contributed by atoms with Crippen molar-refractivity contribution in [3.05, 3.63) is 35.9 Å². The Hall–Kier alpha value is -2.34. The Morgan fingerprint density at radius 3 is 2.52 bits per heavy atom. The van der Waals surface area contributed by atoms with Crippen molar-refractivity contribution in [2.45, 2.75) is 45.2 Å². The average molecular weight is 373 g/mol. The van der Waals surface area contributed by atoms with E-state index in [1.807, 2.05) is 24.3 Å². The van der Waals surface area contributed by atoms with Crippen LogP contribution in [0.4, 0.5) is 0 Å². The quantitative estimate of drug-likeness (QED) is 0.686. The van der Waals surface area contributed by atoms with Crippen molar-refractivity contribution in [1.82, 2.24) is 15.5 Å². The summed E-state index contributed by atoms with van der Waals surface area (Å²) >= 11 is 0. The minimum Gasteiger partial charge on any atom is -0.497 e. The topological polar surface area (TPSA) is 70.7 Å². The first-order chi connectivity index (χ1) is 13.0. The van der Waals surface area contributed by atoms with Gasteiger partial charge in [0.1, 0.15) is 11.8 Å². The number of rotatable bonds is 8. The maximum Gasteiger partial charge on any atom is 0.244 e. The fraction of sp³-hybridized carbons (Fsp3) is 0.524. The van der Waals surface area contributed by atoms with E-state index in [1.54, 1.807) is 20.1 Å². The molecule has 1 atom stereocenters. The molecule has 0 aliphatic carbocycles. The van der Waals surface area contributed by atoms with Gasteiger partial charge < -0.3 is 20.3 Å². The van der Waals surface area contributed by atoms with Crippen molar-refractivity contribution >= 4 is 17.9 Å². The zero-order valence-electron chi connectivity index (χ0n) is 16.5. The number of hydrogen-bond acceptors (Lipinski definition) is 4. The summed E-state index contributed by atoms with van der Waals surface area (Å²) in [5, 5.41) is 5.77. The molecule has 1 aliphatic heterocycles. The Morgan fingerprint density at radius 2 is 1.93 bits per heavy atom. The summed E-state index contributed by atoms with van der Waals surface area (Å²) in [5.41, 5.74) is 0.891. The highest BCUT2D eigenvalue weighted by atomic mass is 16.5. The molecule has 1 aromatic carbocycles. The Labute approximate surface area is 162 Å². The van der Waals surface area contributed by atoms with Crippen LogP contribution in [-0.2, 0) is 9.59 Å². The van der Waals surface area contributed by atoms with E-state index in [4.69, 9.17) is 4.74 Å². The second-order valence-corrected chi connectivity index (χ2v) is 6.96. The molecule has 2 rings (SSSR count). The van der Waals surface area contributed by atoms with Crippen LogP contribution < -0.4 is 15.4 Å². The van der Waals surface area contributed by atoms with Crippen LogP contribution in [0.3, 0.4) is 0 Å². The molecule has 6 nitrogen and oxygen atoms in total. The van der Waals surface area contributed by atoms with E-state index in [1.165, 1.54) is 6.08 Å². The van der Waals surface area contributed by atoms with Crippen molar-refractivity contribution in [2.24, 2.45) is 0 Å². The number of nitrogens with zero attached hydrogens (tertiary/aromatic N) is 1. The van der Waals surface area contributed by atoms with Gasteiger partial charge in [0.15, 0.2) is 0 Å². The van der Waals surface area contributed by atoms with Gasteiger partial charge in [0.25, 0.3) is 0 Å².